The Hall–Kier alpha value is -3.18. The molecule has 5 nitrogen and oxygen atoms in total. The number of aromatic amines is 1. The zero-order chi connectivity index (χ0) is 20.4. The molecule has 4 aromatic rings. The average molecular weight is 386 g/mol. The summed E-state index contributed by atoms with van der Waals surface area (Å²) in [5.41, 5.74) is 6.99. The Bertz CT molecular complexity index is 1190. The Labute approximate surface area is 170 Å². The molecule has 148 valence electrons. The average Bonchev–Trinajstić information content (AvgIpc) is 3.14. The molecule has 0 aliphatic heterocycles. The van der Waals surface area contributed by atoms with Crippen molar-refractivity contribution in [2.75, 3.05) is 6.54 Å². The summed E-state index contributed by atoms with van der Waals surface area (Å²) in [6.45, 7) is 8.64. The SMILES string of the molecule is CCN(Cc1ccc(C)cc1)Cc1cc(=O)n2[nH]c(-c3cccc(C)c3)cc2n1. The third kappa shape index (κ3) is 4.30. The fraction of sp³-hybridized carbons (Fsp3) is 0.250. The zero-order valence-corrected chi connectivity index (χ0v) is 17.1. The van der Waals surface area contributed by atoms with E-state index in [1.165, 1.54) is 21.2 Å². The lowest BCUT2D eigenvalue weighted by atomic mass is 10.1. The second kappa shape index (κ2) is 8.05. The molecule has 2 aromatic heterocycles. The number of hydrogen-bond acceptors (Lipinski definition) is 3. The highest BCUT2D eigenvalue weighted by Crippen LogP contribution is 2.19. The number of aromatic nitrogens is 3. The maximum absolute atomic E-state index is 12.6. The molecule has 0 aliphatic carbocycles. The normalized spacial score (nSPS) is 11.4. The van der Waals surface area contributed by atoms with Crippen molar-refractivity contribution < 1.29 is 0 Å². The Kier molecular flexibility index (Phi) is 5.32. The van der Waals surface area contributed by atoms with E-state index < -0.39 is 0 Å². The molecular formula is C24H26N4O. The van der Waals surface area contributed by atoms with Gasteiger partial charge in [-0.2, -0.15) is 0 Å². The van der Waals surface area contributed by atoms with E-state index >= 15 is 0 Å². The van der Waals surface area contributed by atoms with E-state index in [1.54, 1.807) is 6.07 Å². The third-order valence-electron chi connectivity index (χ3n) is 5.19. The van der Waals surface area contributed by atoms with Gasteiger partial charge in [0.15, 0.2) is 5.65 Å². The molecule has 2 heterocycles. The lowest BCUT2D eigenvalue weighted by molar-refractivity contribution is 0.268. The van der Waals surface area contributed by atoms with E-state index in [1.807, 2.05) is 18.2 Å². The van der Waals surface area contributed by atoms with Crippen molar-refractivity contribution in [3.8, 4) is 11.3 Å². The van der Waals surface area contributed by atoms with Gasteiger partial charge in [0.1, 0.15) is 0 Å². The molecular weight excluding hydrogens is 360 g/mol. The van der Waals surface area contributed by atoms with E-state index in [9.17, 15) is 4.79 Å². The van der Waals surface area contributed by atoms with Crippen LogP contribution in [0.25, 0.3) is 16.9 Å². The summed E-state index contributed by atoms with van der Waals surface area (Å²) in [5, 5.41) is 3.18. The van der Waals surface area contributed by atoms with Gasteiger partial charge in [-0.15, -0.1) is 0 Å². The summed E-state index contributed by atoms with van der Waals surface area (Å²) >= 11 is 0. The maximum Gasteiger partial charge on any atom is 0.272 e. The molecule has 0 saturated carbocycles. The summed E-state index contributed by atoms with van der Waals surface area (Å²) in [4.78, 5) is 19.7. The van der Waals surface area contributed by atoms with Crippen LogP contribution in [0, 0.1) is 13.8 Å². The topological polar surface area (TPSA) is 53.4 Å². The molecule has 0 saturated heterocycles. The molecule has 0 atom stereocenters. The number of nitrogens with one attached hydrogen (secondary N) is 1. The smallest absolute Gasteiger partial charge is 0.272 e. The minimum absolute atomic E-state index is 0.0877. The predicted molar refractivity (Wildman–Crippen MR) is 117 cm³/mol. The van der Waals surface area contributed by atoms with Crippen LogP contribution in [0.1, 0.15) is 29.3 Å². The molecule has 0 amide bonds. The number of hydrogen-bond donors (Lipinski definition) is 1. The number of aryl methyl sites for hydroxylation is 2. The molecule has 0 spiro atoms. The number of H-pyrrole nitrogens is 1. The summed E-state index contributed by atoms with van der Waals surface area (Å²) in [5.74, 6) is 0. The fourth-order valence-electron chi connectivity index (χ4n) is 3.54. The van der Waals surface area contributed by atoms with Crippen molar-refractivity contribution in [1.29, 1.82) is 0 Å². The van der Waals surface area contributed by atoms with Crippen molar-refractivity contribution >= 4 is 5.65 Å². The molecule has 0 fully saturated rings. The second-order valence-electron chi connectivity index (χ2n) is 7.61. The van der Waals surface area contributed by atoms with Gasteiger partial charge < -0.3 is 0 Å². The Balaban J connectivity index is 1.60. The van der Waals surface area contributed by atoms with Crippen LogP contribution in [0.5, 0.6) is 0 Å². The quantitative estimate of drug-likeness (QED) is 0.537. The van der Waals surface area contributed by atoms with Crippen molar-refractivity contribution in [3.05, 3.63) is 93.4 Å². The van der Waals surface area contributed by atoms with Crippen molar-refractivity contribution in [2.45, 2.75) is 33.9 Å². The second-order valence-corrected chi connectivity index (χ2v) is 7.61. The summed E-state index contributed by atoms with van der Waals surface area (Å²) in [6.07, 6.45) is 0. The molecule has 29 heavy (non-hydrogen) atoms. The van der Waals surface area contributed by atoms with E-state index in [2.05, 4.69) is 67.2 Å². The molecule has 0 bridgehead atoms. The fourth-order valence-corrected chi connectivity index (χ4v) is 3.54. The lowest BCUT2D eigenvalue weighted by Crippen LogP contribution is -2.25. The van der Waals surface area contributed by atoms with Gasteiger partial charge in [-0.3, -0.25) is 14.8 Å². The minimum Gasteiger partial charge on any atom is -0.294 e. The molecule has 0 aliphatic rings. The number of rotatable bonds is 6. The molecule has 4 rings (SSSR count). The van der Waals surface area contributed by atoms with Crippen molar-refractivity contribution in [2.24, 2.45) is 0 Å². The number of fused-ring (bicyclic) bond motifs is 1. The molecule has 0 unspecified atom stereocenters. The van der Waals surface area contributed by atoms with Crippen molar-refractivity contribution in [3.63, 3.8) is 0 Å². The first-order valence-corrected chi connectivity index (χ1v) is 9.98. The third-order valence-corrected chi connectivity index (χ3v) is 5.19. The molecule has 0 radical (unpaired) electrons. The van der Waals surface area contributed by atoms with E-state index in [0.29, 0.717) is 12.2 Å². The highest BCUT2D eigenvalue weighted by molar-refractivity contribution is 5.64. The van der Waals surface area contributed by atoms with Crippen LogP contribution in [0.4, 0.5) is 0 Å². The van der Waals surface area contributed by atoms with Crippen LogP contribution < -0.4 is 5.56 Å². The lowest BCUT2D eigenvalue weighted by Gasteiger charge is -2.20. The number of nitrogens with zero attached hydrogens (tertiary/aromatic N) is 3. The van der Waals surface area contributed by atoms with Gasteiger partial charge in [0.05, 0.1) is 11.4 Å². The van der Waals surface area contributed by atoms with E-state index in [4.69, 9.17) is 4.98 Å². The van der Waals surface area contributed by atoms with Crippen molar-refractivity contribution in [1.82, 2.24) is 19.5 Å². The number of benzene rings is 2. The van der Waals surface area contributed by atoms with Crippen LogP contribution in [0.3, 0.4) is 0 Å². The van der Waals surface area contributed by atoms with Gasteiger partial charge in [0, 0.05) is 25.2 Å². The largest absolute Gasteiger partial charge is 0.294 e. The van der Waals surface area contributed by atoms with Crippen LogP contribution in [0.2, 0.25) is 0 Å². The van der Waals surface area contributed by atoms with E-state index in [0.717, 1.165) is 30.0 Å². The Morgan fingerprint density at radius 1 is 0.966 bits per heavy atom. The molecule has 1 N–H and O–H groups in total. The maximum atomic E-state index is 12.6. The Morgan fingerprint density at radius 3 is 2.48 bits per heavy atom. The van der Waals surface area contributed by atoms with Crippen LogP contribution in [-0.4, -0.2) is 26.0 Å². The summed E-state index contributed by atoms with van der Waals surface area (Å²) in [7, 11) is 0. The van der Waals surface area contributed by atoms with Crippen LogP contribution in [0.15, 0.2) is 65.5 Å². The first kappa shape index (κ1) is 19.2. The molecule has 5 heteroatoms. The first-order chi connectivity index (χ1) is 14.0. The monoisotopic (exact) mass is 386 g/mol. The highest BCUT2D eigenvalue weighted by atomic mass is 16.1. The van der Waals surface area contributed by atoms with E-state index in [-0.39, 0.29) is 5.56 Å². The minimum atomic E-state index is -0.0877. The summed E-state index contributed by atoms with van der Waals surface area (Å²) < 4.78 is 1.51. The Morgan fingerprint density at radius 2 is 1.76 bits per heavy atom. The molecule has 2 aromatic carbocycles. The van der Waals surface area contributed by atoms with Crippen LogP contribution >= 0.6 is 0 Å². The van der Waals surface area contributed by atoms with Crippen LogP contribution in [-0.2, 0) is 13.1 Å². The van der Waals surface area contributed by atoms with Gasteiger partial charge in [-0.1, -0.05) is 60.5 Å². The van der Waals surface area contributed by atoms with Gasteiger partial charge in [-0.05, 0) is 37.6 Å². The van der Waals surface area contributed by atoms with Gasteiger partial charge >= 0.3 is 0 Å². The predicted octanol–water partition coefficient (Wildman–Crippen LogP) is 4.33. The summed E-state index contributed by atoms with van der Waals surface area (Å²) in [6, 6.07) is 20.3. The highest BCUT2D eigenvalue weighted by Gasteiger charge is 2.11. The van der Waals surface area contributed by atoms with Gasteiger partial charge in [0.2, 0.25) is 0 Å². The standard InChI is InChI=1S/C24H26N4O/c1-4-27(15-19-10-8-17(2)9-11-19)16-21-13-24(29)28-23(25-21)14-22(26-28)20-7-5-6-18(3)12-20/h5-14,26H,4,15-16H2,1-3H3. The first-order valence-electron chi connectivity index (χ1n) is 9.98. The zero-order valence-electron chi connectivity index (χ0n) is 17.1. The van der Waals surface area contributed by atoms with Gasteiger partial charge in [0.25, 0.3) is 5.56 Å². The van der Waals surface area contributed by atoms with Gasteiger partial charge in [-0.25, -0.2) is 9.50 Å².